The third-order valence-corrected chi connectivity index (χ3v) is 3.04. The number of anilines is 1. The minimum absolute atomic E-state index is 0.0249. The smallest absolute Gasteiger partial charge is 0.333 e. The summed E-state index contributed by atoms with van der Waals surface area (Å²) in [7, 11) is 0. The fourth-order valence-electron chi connectivity index (χ4n) is 2.12. The van der Waals surface area contributed by atoms with Gasteiger partial charge in [-0.25, -0.2) is 4.68 Å². The van der Waals surface area contributed by atoms with Gasteiger partial charge in [-0.15, -0.1) is 0 Å². The molecule has 0 saturated heterocycles. The summed E-state index contributed by atoms with van der Waals surface area (Å²) in [4.78, 5) is 10.8. The molecule has 0 amide bonds. The van der Waals surface area contributed by atoms with E-state index in [4.69, 9.17) is 4.42 Å². The van der Waals surface area contributed by atoms with Gasteiger partial charge >= 0.3 is 5.69 Å². The first-order valence-corrected chi connectivity index (χ1v) is 6.56. The average molecular weight is 278 g/mol. The Morgan fingerprint density at radius 1 is 1.60 bits per heavy atom. The minimum Gasteiger partial charge on any atom is -0.467 e. The van der Waals surface area contributed by atoms with E-state index in [1.165, 1.54) is 0 Å². The lowest BCUT2D eigenvalue weighted by Gasteiger charge is -2.13. The van der Waals surface area contributed by atoms with E-state index in [1.807, 2.05) is 19.9 Å². The van der Waals surface area contributed by atoms with Gasteiger partial charge < -0.3 is 9.73 Å². The van der Waals surface area contributed by atoms with Gasteiger partial charge in [0.15, 0.2) is 0 Å². The lowest BCUT2D eigenvalue weighted by Crippen LogP contribution is -2.12. The summed E-state index contributed by atoms with van der Waals surface area (Å²) in [5.41, 5.74) is 0.439. The SMILES string of the molecule is CCCn1nc(C)c([N+](=O)[O-])c1NC(C)c1ccco1. The van der Waals surface area contributed by atoms with Gasteiger partial charge in [0, 0.05) is 6.54 Å². The Hall–Kier alpha value is -2.31. The summed E-state index contributed by atoms with van der Waals surface area (Å²) in [6, 6.07) is 3.45. The van der Waals surface area contributed by atoms with Crippen molar-refractivity contribution in [3.05, 3.63) is 40.0 Å². The fraction of sp³-hybridized carbons (Fsp3) is 0.462. The zero-order valence-corrected chi connectivity index (χ0v) is 11.8. The Labute approximate surface area is 116 Å². The molecule has 0 bridgehead atoms. The summed E-state index contributed by atoms with van der Waals surface area (Å²) < 4.78 is 6.96. The molecule has 1 atom stereocenters. The first-order chi connectivity index (χ1) is 9.54. The Bertz CT molecular complexity index is 589. The van der Waals surface area contributed by atoms with Crippen LogP contribution in [0.25, 0.3) is 0 Å². The molecule has 0 aliphatic carbocycles. The Kier molecular flexibility index (Phi) is 4.07. The molecule has 0 aliphatic rings. The van der Waals surface area contributed by atoms with Crippen molar-refractivity contribution in [2.24, 2.45) is 0 Å². The fourth-order valence-corrected chi connectivity index (χ4v) is 2.12. The van der Waals surface area contributed by atoms with Crippen molar-refractivity contribution >= 4 is 11.5 Å². The molecular formula is C13H18N4O3. The number of nitro groups is 1. The molecule has 2 aromatic heterocycles. The standard InChI is InChI=1S/C13H18N4O3/c1-4-7-16-13(12(17(18)19)10(3)15-16)14-9(2)11-6-5-8-20-11/h5-6,8-9,14H,4,7H2,1-3H3. The molecule has 1 unspecified atom stereocenters. The van der Waals surface area contributed by atoms with Crippen molar-refractivity contribution in [3.8, 4) is 0 Å². The van der Waals surface area contributed by atoms with E-state index >= 15 is 0 Å². The average Bonchev–Trinajstić information content (AvgIpc) is 2.98. The van der Waals surface area contributed by atoms with Crippen LogP contribution in [0.5, 0.6) is 0 Å². The molecular weight excluding hydrogens is 260 g/mol. The van der Waals surface area contributed by atoms with Gasteiger partial charge in [0.25, 0.3) is 0 Å². The number of nitrogens with zero attached hydrogens (tertiary/aromatic N) is 3. The second kappa shape index (κ2) is 5.77. The predicted molar refractivity (Wildman–Crippen MR) is 74.7 cm³/mol. The van der Waals surface area contributed by atoms with Gasteiger partial charge in [0.2, 0.25) is 5.82 Å². The maximum absolute atomic E-state index is 11.2. The predicted octanol–water partition coefficient (Wildman–Crippen LogP) is 3.28. The van der Waals surface area contributed by atoms with Gasteiger partial charge in [0.1, 0.15) is 11.5 Å². The van der Waals surface area contributed by atoms with Crippen LogP contribution in [0.15, 0.2) is 22.8 Å². The number of rotatable bonds is 6. The van der Waals surface area contributed by atoms with Crippen molar-refractivity contribution in [1.82, 2.24) is 9.78 Å². The summed E-state index contributed by atoms with van der Waals surface area (Å²) in [5.74, 6) is 1.15. The lowest BCUT2D eigenvalue weighted by molar-refractivity contribution is -0.384. The highest BCUT2D eigenvalue weighted by molar-refractivity contribution is 5.60. The highest BCUT2D eigenvalue weighted by Crippen LogP contribution is 2.31. The molecule has 0 aromatic carbocycles. The number of aryl methyl sites for hydroxylation is 2. The number of aromatic nitrogens is 2. The molecule has 0 saturated carbocycles. The van der Waals surface area contributed by atoms with Gasteiger partial charge in [-0.3, -0.25) is 10.1 Å². The monoisotopic (exact) mass is 278 g/mol. The molecule has 0 fully saturated rings. The normalized spacial score (nSPS) is 12.3. The third-order valence-electron chi connectivity index (χ3n) is 3.04. The first-order valence-electron chi connectivity index (χ1n) is 6.56. The number of hydrogen-bond donors (Lipinski definition) is 1. The quantitative estimate of drug-likeness (QED) is 0.647. The van der Waals surface area contributed by atoms with Gasteiger partial charge in [-0.05, 0) is 32.4 Å². The highest BCUT2D eigenvalue weighted by atomic mass is 16.6. The Morgan fingerprint density at radius 2 is 2.35 bits per heavy atom. The maximum atomic E-state index is 11.2. The zero-order chi connectivity index (χ0) is 14.7. The number of hydrogen-bond acceptors (Lipinski definition) is 5. The molecule has 2 aromatic rings. The van der Waals surface area contributed by atoms with Crippen molar-refractivity contribution in [3.63, 3.8) is 0 Å². The van der Waals surface area contributed by atoms with Crippen LogP contribution in [0, 0.1) is 17.0 Å². The van der Waals surface area contributed by atoms with Crippen molar-refractivity contribution in [1.29, 1.82) is 0 Å². The molecule has 0 aliphatic heterocycles. The topological polar surface area (TPSA) is 86.1 Å². The van der Waals surface area contributed by atoms with E-state index in [0.29, 0.717) is 18.1 Å². The highest BCUT2D eigenvalue weighted by Gasteiger charge is 2.26. The van der Waals surface area contributed by atoms with Crippen LogP contribution in [-0.4, -0.2) is 14.7 Å². The summed E-state index contributed by atoms with van der Waals surface area (Å²) in [6.07, 6.45) is 2.43. The van der Waals surface area contributed by atoms with Crippen LogP contribution in [0.2, 0.25) is 0 Å². The van der Waals surface area contributed by atoms with E-state index in [9.17, 15) is 10.1 Å². The summed E-state index contributed by atoms with van der Waals surface area (Å²) in [5, 5.41) is 18.6. The molecule has 0 spiro atoms. The molecule has 20 heavy (non-hydrogen) atoms. The molecule has 108 valence electrons. The number of furan rings is 1. The van der Waals surface area contributed by atoms with Crippen molar-refractivity contribution < 1.29 is 9.34 Å². The van der Waals surface area contributed by atoms with Crippen LogP contribution in [0.4, 0.5) is 11.5 Å². The Morgan fingerprint density at radius 3 is 2.90 bits per heavy atom. The summed E-state index contributed by atoms with van der Waals surface area (Å²) >= 11 is 0. The largest absolute Gasteiger partial charge is 0.467 e. The first kappa shape index (κ1) is 14.1. The van der Waals surface area contributed by atoms with Crippen molar-refractivity contribution in [2.75, 3.05) is 5.32 Å². The van der Waals surface area contributed by atoms with Crippen LogP contribution in [-0.2, 0) is 6.54 Å². The zero-order valence-electron chi connectivity index (χ0n) is 11.8. The maximum Gasteiger partial charge on any atom is 0.333 e. The molecule has 7 nitrogen and oxygen atoms in total. The van der Waals surface area contributed by atoms with Crippen LogP contribution >= 0.6 is 0 Å². The van der Waals surface area contributed by atoms with Gasteiger partial charge in [-0.2, -0.15) is 5.10 Å². The van der Waals surface area contributed by atoms with E-state index in [0.717, 1.165) is 12.2 Å². The van der Waals surface area contributed by atoms with E-state index in [-0.39, 0.29) is 11.7 Å². The molecule has 1 N–H and O–H groups in total. The molecule has 2 rings (SSSR count). The summed E-state index contributed by atoms with van der Waals surface area (Å²) in [6.45, 7) is 6.17. The van der Waals surface area contributed by atoms with Crippen LogP contribution in [0.3, 0.4) is 0 Å². The van der Waals surface area contributed by atoms with Crippen molar-refractivity contribution in [2.45, 2.75) is 39.8 Å². The Balaban J connectivity index is 2.35. The van der Waals surface area contributed by atoms with Crippen LogP contribution < -0.4 is 5.32 Å². The third kappa shape index (κ3) is 2.66. The molecule has 0 radical (unpaired) electrons. The second-order valence-electron chi connectivity index (χ2n) is 4.64. The van der Waals surface area contributed by atoms with Crippen LogP contribution in [0.1, 0.15) is 37.8 Å². The number of nitrogens with one attached hydrogen (secondary N) is 1. The lowest BCUT2D eigenvalue weighted by atomic mass is 10.2. The van der Waals surface area contributed by atoms with Gasteiger partial charge in [0.05, 0.1) is 17.2 Å². The molecule has 2 heterocycles. The molecule has 7 heteroatoms. The van der Waals surface area contributed by atoms with E-state index < -0.39 is 4.92 Å². The van der Waals surface area contributed by atoms with Gasteiger partial charge in [-0.1, -0.05) is 6.92 Å². The second-order valence-corrected chi connectivity index (χ2v) is 4.64. The van der Waals surface area contributed by atoms with E-state index in [1.54, 1.807) is 23.9 Å². The minimum atomic E-state index is -0.397. The van der Waals surface area contributed by atoms with E-state index in [2.05, 4.69) is 10.4 Å².